The second kappa shape index (κ2) is 8.04. The van der Waals surface area contributed by atoms with Gasteiger partial charge in [0.15, 0.2) is 0 Å². The summed E-state index contributed by atoms with van der Waals surface area (Å²) in [5.41, 5.74) is 1.27. The third-order valence-corrected chi connectivity index (χ3v) is 3.66. The Hall–Kier alpha value is -1.54. The molecule has 1 fully saturated rings. The molecule has 0 saturated carbocycles. The average molecular weight is 288 g/mol. The van der Waals surface area contributed by atoms with Gasteiger partial charge in [-0.3, -0.25) is 9.80 Å². The van der Waals surface area contributed by atoms with Crippen LogP contribution in [0.5, 0.6) is 5.75 Å². The highest BCUT2D eigenvalue weighted by Gasteiger charge is 2.21. The Bertz CT molecular complexity index is 467. The summed E-state index contributed by atoms with van der Waals surface area (Å²) in [6, 6.07) is 8.19. The zero-order valence-electron chi connectivity index (χ0n) is 12.9. The van der Waals surface area contributed by atoms with Crippen molar-refractivity contribution in [2.24, 2.45) is 0 Å². The fraction of sp³-hybridized carbons (Fsp3) is 0.529. The first-order valence-corrected chi connectivity index (χ1v) is 7.30. The van der Waals surface area contributed by atoms with E-state index in [0.717, 1.165) is 38.5 Å². The van der Waals surface area contributed by atoms with Gasteiger partial charge in [0.25, 0.3) is 0 Å². The van der Waals surface area contributed by atoms with E-state index in [4.69, 9.17) is 15.9 Å². The van der Waals surface area contributed by atoms with E-state index in [1.54, 1.807) is 7.11 Å². The maximum atomic E-state index is 5.83. The molecule has 0 N–H and O–H groups in total. The Kier molecular flexibility index (Phi) is 6.06. The Labute approximate surface area is 127 Å². The molecule has 2 rings (SSSR count). The average Bonchev–Trinajstić information content (AvgIpc) is 2.48. The zero-order valence-corrected chi connectivity index (χ0v) is 12.9. The van der Waals surface area contributed by atoms with Gasteiger partial charge in [-0.15, -0.1) is 6.42 Å². The molecule has 1 aromatic carbocycles. The summed E-state index contributed by atoms with van der Waals surface area (Å²) in [5.74, 6) is 3.60. The lowest BCUT2D eigenvalue weighted by Crippen LogP contribution is -2.46. The molecule has 1 heterocycles. The van der Waals surface area contributed by atoms with Crippen molar-refractivity contribution in [3.05, 3.63) is 29.8 Å². The molecule has 0 amide bonds. The van der Waals surface area contributed by atoms with E-state index in [0.29, 0.717) is 6.54 Å². The Morgan fingerprint density at radius 1 is 1.43 bits per heavy atom. The monoisotopic (exact) mass is 288 g/mol. The molecule has 0 radical (unpaired) electrons. The molecule has 1 aliphatic heterocycles. The number of likely N-dealkylation sites (N-methyl/N-ethyl adjacent to an activating group) is 1. The van der Waals surface area contributed by atoms with Crippen LogP contribution in [0, 0.1) is 12.3 Å². The van der Waals surface area contributed by atoms with E-state index < -0.39 is 0 Å². The van der Waals surface area contributed by atoms with Crippen LogP contribution in [0.15, 0.2) is 24.3 Å². The molecule has 1 aromatic rings. The highest BCUT2D eigenvalue weighted by molar-refractivity contribution is 5.27. The highest BCUT2D eigenvalue weighted by atomic mass is 16.5. The molecule has 4 nitrogen and oxygen atoms in total. The molecule has 0 aromatic heterocycles. The lowest BCUT2D eigenvalue weighted by atomic mass is 10.2. The molecule has 0 unspecified atom stereocenters. The molecule has 1 atom stereocenters. The maximum absolute atomic E-state index is 5.83. The van der Waals surface area contributed by atoms with Gasteiger partial charge in [0.1, 0.15) is 5.75 Å². The highest BCUT2D eigenvalue weighted by Crippen LogP contribution is 2.13. The minimum atomic E-state index is 0.232. The van der Waals surface area contributed by atoms with Crippen molar-refractivity contribution in [3.63, 3.8) is 0 Å². The lowest BCUT2D eigenvalue weighted by molar-refractivity contribution is -0.0372. The Balaban J connectivity index is 1.80. The summed E-state index contributed by atoms with van der Waals surface area (Å²) >= 11 is 0. The first kappa shape index (κ1) is 15.8. The van der Waals surface area contributed by atoms with E-state index in [1.807, 2.05) is 12.1 Å². The number of ether oxygens (including phenoxy) is 2. The number of hydrogen-bond donors (Lipinski definition) is 0. The summed E-state index contributed by atoms with van der Waals surface area (Å²) < 4.78 is 11.0. The summed E-state index contributed by atoms with van der Waals surface area (Å²) in [5, 5.41) is 0. The van der Waals surface area contributed by atoms with E-state index in [-0.39, 0.29) is 6.10 Å². The second-order valence-electron chi connectivity index (χ2n) is 5.48. The van der Waals surface area contributed by atoms with E-state index in [1.165, 1.54) is 5.56 Å². The van der Waals surface area contributed by atoms with Crippen molar-refractivity contribution >= 4 is 0 Å². The van der Waals surface area contributed by atoms with Crippen LogP contribution in [0.25, 0.3) is 0 Å². The predicted octanol–water partition coefficient (Wildman–Crippen LogP) is 1.46. The van der Waals surface area contributed by atoms with Crippen LogP contribution in [-0.4, -0.2) is 62.8 Å². The topological polar surface area (TPSA) is 24.9 Å². The molecule has 0 spiro atoms. The molecule has 4 heteroatoms. The predicted molar refractivity (Wildman–Crippen MR) is 84.3 cm³/mol. The SMILES string of the molecule is C#CCN1CCO[C@@H](CN(C)Cc2ccc(OC)cc2)C1. The molecule has 114 valence electrons. The van der Waals surface area contributed by atoms with Crippen molar-refractivity contribution in [1.29, 1.82) is 0 Å². The minimum absolute atomic E-state index is 0.232. The molecular formula is C17H24N2O2. The fourth-order valence-electron chi connectivity index (χ4n) is 2.62. The number of morpholine rings is 1. The van der Waals surface area contributed by atoms with Gasteiger partial charge in [0.05, 0.1) is 26.4 Å². The summed E-state index contributed by atoms with van der Waals surface area (Å²) in [6.07, 6.45) is 5.61. The third kappa shape index (κ3) is 5.05. The Morgan fingerprint density at radius 2 is 2.19 bits per heavy atom. The molecule has 1 aliphatic rings. The van der Waals surface area contributed by atoms with Crippen LogP contribution in [0.1, 0.15) is 5.56 Å². The number of methoxy groups -OCH3 is 1. The normalized spacial score (nSPS) is 19.4. The number of hydrogen-bond acceptors (Lipinski definition) is 4. The zero-order chi connectivity index (χ0) is 15.1. The number of rotatable bonds is 6. The number of nitrogens with zero attached hydrogens (tertiary/aromatic N) is 2. The maximum Gasteiger partial charge on any atom is 0.118 e. The van der Waals surface area contributed by atoms with Crippen molar-refractivity contribution in [2.45, 2.75) is 12.6 Å². The van der Waals surface area contributed by atoms with Gasteiger partial charge in [-0.05, 0) is 24.7 Å². The van der Waals surface area contributed by atoms with Gasteiger partial charge in [0.2, 0.25) is 0 Å². The van der Waals surface area contributed by atoms with Gasteiger partial charge < -0.3 is 9.47 Å². The van der Waals surface area contributed by atoms with Crippen molar-refractivity contribution in [3.8, 4) is 18.1 Å². The van der Waals surface area contributed by atoms with Gasteiger partial charge >= 0.3 is 0 Å². The first-order chi connectivity index (χ1) is 10.2. The summed E-state index contributed by atoms with van der Waals surface area (Å²) in [6.45, 7) is 5.14. The second-order valence-corrected chi connectivity index (χ2v) is 5.48. The van der Waals surface area contributed by atoms with Crippen LogP contribution in [0.2, 0.25) is 0 Å². The largest absolute Gasteiger partial charge is 0.497 e. The van der Waals surface area contributed by atoms with Crippen LogP contribution in [-0.2, 0) is 11.3 Å². The Morgan fingerprint density at radius 3 is 2.86 bits per heavy atom. The van der Waals surface area contributed by atoms with Gasteiger partial charge in [0, 0.05) is 26.2 Å². The smallest absolute Gasteiger partial charge is 0.118 e. The lowest BCUT2D eigenvalue weighted by Gasteiger charge is -2.33. The summed E-state index contributed by atoms with van der Waals surface area (Å²) in [4.78, 5) is 4.56. The molecule has 0 aliphatic carbocycles. The van der Waals surface area contributed by atoms with Crippen LogP contribution in [0.4, 0.5) is 0 Å². The van der Waals surface area contributed by atoms with E-state index >= 15 is 0 Å². The van der Waals surface area contributed by atoms with Crippen LogP contribution < -0.4 is 4.74 Å². The van der Waals surface area contributed by atoms with Gasteiger partial charge in [-0.25, -0.2) is 0 Å². The van der Waals surface area contributed by atoms with Crippen LogP contribution in [0.3, 0.4) is 0 Å². The third-order valence-electron chi connectivity index (χ3n) is 3.66. The van der Waals surface area contributed by atoms with Gasteiger partial charge in [-0.2, -0.15) is 0 Å². The van der Waals surface area contributed by atoms with Crippen LogP contribution >= 0.6 is 0 Å². The fourth-order valence-corrected chi connectivity index (χ4v) is 2.62. The standard InChI is InChI=1S/C17H24N2O2/c1-4-9-19-10-11-21-17(14-19)13-18(2)12-15-5-7-16(20-3)8-6-15/h1,5-8,17H,9-14H2,2-3H3/t17-/m0/s1. The molecule has 21 heavy (non-hydrogen) atoms. The van der Waals surface area contributed by atoms with E-state index in [2.05, 4.69) is 34.9 Å². The van der Waals surface area contributed by atoms with Gasteiger partial charge in [-0.1, -0.05) is 18.1 Å². The summed E-state index contributed by atoms with van der Waals surface area (Å²) in [7, 11) is 3.80. The first-order valence-electron chi connectivity index (χ1n) is 7.30. The molecular weight excluding hydrogens is 264 g/mol. The van der Waals surface area contributed by atoms with Crippen molar-refractivity contribution in [1.82, 2.24) is 9.80 Å². The minimum Gasteiger partial charge on any atom is -0.497 e. The quantitative estimate of drug-likeness (QED) is 0.740. The number of terminal acetylenes is 1. The molecule has 0 bridgehead atoms. The van der Waals surface area contributed by atoms with Crippen molar-refractivity contribution < 1.29 is 9.47 Å². The van der Waals surface area contributed by atoms with E-state index in [9.17, 15) is 0 Å². The molecule has 1 saturated heterocycles. The number of benzene rings is 1. The van der Waals surface area contributed by atoms with Crippen molar-refractivity contribution in [2.75, 3.05) is 46.9 Å².